The first-order valence-corrected chi connectivity index (χ1v) is 5.53. The van der Waals surface area contributed by atoms with Gasteiger partial charge in [0.05, 0.1) is 30.8 Å². The third kappa shape index (κ3) is 2.27. The summed E-state index contributed by atoms with van der Waals surface area (Å²) in [4.78, 5) is 11.8. The van der Waals surface area contributed by atoms with Gasteiger partial charge in [0, 0.05) is 6.54 Å². The largest absolute Gasteiger partial charge is 0.394 e. The van der Waals surface area contributed by atoms with Crippen molar-refractivity contribution < 1.29 is 19.2 Å². The second-order valence-electron chi connectivity index (χ2n) is 3.97. The molecule has 0 spiro atoms. The first kappa shape index (κ1) is 12.7. The van der Waals surface area contributed by atoms with Gasteiger partial charge in [0.2, 0.25) is 5.82 Å². The quantitative estimate of drug-likeness (QED) is 0.643. The number of hydrogen-bond acceptors (Lipinski definition) is 5. The number of hydrogen-bond donors (Lipinski definition) is 1. The van der Waals surface area contributed by atoms with Crippen molar-refractivity contribution in [2.45, 2.75) is 6.04 Å². The van der Waals surface area contributed by atoms with Crippen LogP contribution in [0.4, 0.5) is 15.8 Å². The smallest absolute Gasteiger partial charge is 0.327 e. The summed E-state index contributed by atoms with van der Waals surface area (Å²) in [6, 6.07) is 3.56. The van der Waals surface area contributed by atoms with Crippen molar-refractivity contribution in [3.63, 3.8) is 0 Å². The van der Waals surface area contributed by atoms with Gasteiger partial charge in [-0.1, -0.05) is 6.07 Å². The first-order chi connectivity index (χ1) is 8.65. The van der Waals surface area contributed by atoms with Crippen LogP contribution in [-0.2, 0) is 4.74 Å². The van der Waals surface area contributed by atoms with Crippen LogP contribution < -0.4 is 4.90 Å². The molecule has 2 rings (SSSR count). The van der Waals surface area contributed by atoms with Crippen molar-refractivity contribution in [3.8, 4) is 0 Å². The topological polar surface area (TPSA) is 75.8 Å². The van der Waals surface area contributed by atoms with Gasteiger partial charge in [0.25, 0.3) is 0 Å². The van der Waals surface area contributed by atoms with E-state index in [1.165, 1.54) is 12.1 Å². The Kier molecular flexibility index (Phi) is 3.73. The van der Waals surface area contributed by atoms with Crippen LogP contribution in [0.1, 0.15) is 0 Å². The second kappa shape index (κ2) is 5.28. The molecule has 0 radical (unpaired) electrons. The van der Waals surface area contributed by atoms with Crippen molar-refractivity contribution >= 4 is 11.4 Å². The number of anilines is 1. The average Bonchev–Trinajstić information content (AvgIpc) is 2.38. The summed E-state index contributed by atoms with van der Waals surface area (Å²) in [5.74, 6) is -0.874. The second-order valence-corrected chi connectivity index (χ2v) is 3.97. The Bertz CT molecular complexity index is 455. The zero-order chi connectivity index (χ0) is 13.1. The van der Waals surface area contributed by atoms with Gasteiger partial charge in [-0.25, -0.2) is 0 Å². The normalized spacial score (nSPS) is 19.9. The lowest BCUT2D eigenvalue weighted by molar-refractivity contribution is -0.386. The van der Waals surface area contributed by atoms with Crippen LogP contribution in [-0.4, -0.2) is 42.4 Å². The maximum absolute atomic E-state index is 13.5. The summed E-state index contributed by atoms with van der Waals surface area (Å²) in [5.41, 5.74) is -0.375. The molecule has 7 heteroatoms. The Labute approximate surface area is 103 Å². The van der Waals surface area contributed by atoms with E-state index in [0.717, 1.165) is 6.07 Å². The van der Waals surface area contributed by atoms with Gasteiger partial charge in [0.1, 0.15) is 5.69 Å². The van der Waals surface area contributed by atoms with Crippen molar-refractivity contribution in [1.82, 2.24) is 0 Å². The molecule has 1 heterocycles. The molecular weight excluding hydrogens is 243 g/mol. The minimum Gasteiger partial charge on any atom is -0.394 e. The van der Waals surface area contributed by atoms with E-state index in [2.05, 4.69) is 0 Å². The van der Waals surface area contributed by atoms with Gasteiger partial charge in [-0.3, -0.25) is 10.1 Å². The first-order valence-electron chi connectivity index (χ1n) is 5.53. The molecule has 1 N–H and O–H groups in total. The van der Waals surface area contributed by atoms with E-state index < -0.39 is 16.4 Å². The lowest BCUT2D eigenvalue weighted by Gasteiger charge is -2.35. The van der Waals surface area contributed by atoms with Crippen LogP contribution in [0.3, 0.4) is 0 Å². The van der Waals surface area contributed by atoms with Crippen molar-refractivity contribution in [3.05, 3.63) is 34.1 Å². The number of morpholine rings is 1. The fourth-order valence-corrected chi connectivity index (χ4v) is 2.04. The lowest BCUT2D eigenvalue weighted by atomic mass is 10.1. The number of para-hydroxylation sites is 1. The van der Waals surface area contributed by atoms with E-state index in [0.29, 0.717) is 13.2 Å². The average molecular weight is 256 g/mol. The van der Waals surface area contributed by atoms with Crippen LogP contribution in [0.2, 0.25) is 0 Å². The van der Waals surface area contributed by atoms with Crippen molar-refractivity contribution in [2.24, 2.45) is 0 Å². The summed E-state index contributed by atoms with van der Waals surface area (Å²) < 4.78 is 18.7. The Morgan fingerprint density at radius 1 is 1.61 bits per heavy atom. The van der Waals surface area contributed by atoms with E-state index in [9.17, 15) is 19.6 Å². The molecule has 1 atom stereocenters. The summed E-state index contributed by atoms with van der Waals surface area (Å²) in [6.45, 7) is 0.845. The van der Waals surface area contributed by atoms with Gasteiger partial charge in [-0.2, -0.15) is 4.39 Å². The molecule has 1 aliphatic heterocycles. The number of halogens is 1. The fraction of sp³-hybridized carbons (Fsp3) is 0.455. The van der Waals surface area contributed by atoms with E-state index in [1.807, 2.05) is 0 Å². The van der Waals surface area contributed by atoms with Gasteiger partial charge in [0.15, 0.2) is 0 Å². The number of nitro benzene ring substituents is 1. The third-order valence-corrected chi connectivity index (χ3v) is 2.90. The van der Waals surface area contributed by atoms with Crippen molar-refractivity contribution in [1.29, 1.82) is 0 Å². The van der Waals surface area contributed by atoms with E-state index in [4.69, 9.17) is 4.74 Å². The number of nitrogens with zero attached hydrogens (tertiary/aromatic N) is 2. The molecule has 1 unspecified atom stereocenters. The molecule has 1 aromatic carbocycles. The third-order valence-electron chi connectivity index (χ3n) is 2.90. The number of aliphatic hydroxyl groups is 1. The molecule has 6 nitrogen and oxygen atoms in total. The van der Waals surface area contributed by atoms with Crippen LogP contribution >= 0.6 is 0 Å². The maximum Gasteiger partial charge on any atom is 0.327 e. The van der Waals surface area contributed by atoms with E-state index in [1.54, 1.807) is 4.90 Å². The number of rotatable bonds is 3. The Hall–Kier alpha value is -1.73. The van der Waals surface area contributed by atoms with Crippen LogP contribution in [0.5, 0.6) is 0 Å². The maximum atomic E-state index is 13.5. The highest BCUT2D eigenvalue weighted by Gasteiger charge is 2.30. The SMILES string of the molecule is O=[N+]([O-])c1c(F)cccc1N1CCOCC1CO. The Balaban J connectivity index is 2.42. The summed E-state index contributed by atoms with van der Waals surface area (Å²) in [7, 11) is 0. The standard InChI is InChI=1S/C11H13FN2O4/c12-9-2-1-3-10(11(9)14(16)17)13-4-5-18-7-8(13)6-15/h1-3,8,15H,4-7H2. The van der Waals surface area contributed by atoms with Gasteiger partial charge < -0.3 is 14.7 Å². The highest BCUT2D eigenvalue weighted by atomic mass is 19.1. The van der Waals surface area contributed by atoms with Gasteiger partial charge >= 0.3 is 5.69 Å². The summed E-state index contributed by atoms with van der Waals surface area (Å²) >= 11 is 0. The molecule has 0 amide bonds. The fourth-order valence-electron chi connectivity index (χ4n) is 2.04. The molecule has 18 heavy (non-hydrogen) atoms. The molecule has 98 valence electrons. The highest BCUT2D eigenvalue weighted by Crippen LogP contribution is 2.32. The molecule has 1 aliphatic rings. The van der Waals surface area contributed by atoms with Crippen LogP contribution in [0, 0.1) is 15.9 Å². The lowest BCUT2D eigenvalue weighted by Crippen LogP contribution is -2.47. The minimum atomic E-state index is -0.874. The van der Waals surface area contributed by atoms with Crippen LogP contribution in [0.25, 0.3) is 0 Å². The Morgan fingerprint density at radius 2 is 2.39 bits per heavy atom. The zero-order valence-corrected chi connectivity index (χ0v) is 9.58. The molecule has 0 aliphatic carbocycles. The molecule has 1 fully saturated rings. The van der Waals surface area contributed by atoms with Gasteiger partial charge in [-0.15, -0.1) is 0 Å². The predicted octanol–water partition coefficient (Wildman–Crippen LogP) is 0.931. The number of benzene rings is 1. The zero-order valence-electron chi connectivity index (χ0n) is 9.58. The number of aliphatic hydroxyl groups excluding tert-OH is 1. The molecular formula is C11H13FN2O4. The van der Waals surface area contributed by atoms with E-state index in [-0.39, 0.29) is 24.9 Å². The molecule has 0 aromatic heterocycles. The minimum absolute atomic E-state index is 0.183. The molecule has 1 aromatic rings. The molecule has 1 saturated heterocycles. The summed E-state index contributed by atoms with van der Waals surface area (Å²) in [6.07, 6.45) is 0. The highest BCUT2D eigenvalue weighted by molar-refractivity contribution is 5.64. The Morgan fingerprint density at radius 3 is 3.06 bits per heavy atom. The monoisotopic (exact) mass is 256 g/mol. The van der Waals surface area contributed by atoms with Crippen LogP contribution in [0.15, 0.2) is 18.2 Å². The van der Waals surface area contributed by atoms with Crippen molar-refractivity contribution in [2.75, 3.05) is 31.3 Å². The summed E-state index contributed by atoms with van der Waals surface area (Å²) in [5, 5.41) is 20.2. The number of nitro groups is 1. The van der Waals surface area contributed by atoms with Gasteiger partial charge in [-0.05, 0) is 12.1 Å². The van der Waals surface area contributed by atoms with E-state index >= 15 is 0 Å². The number of ether oxygens (including phenoxy) is 1. The molecule has 0 saturated carbocycles. The molecule has 0 bridgehead atoms. The predicted molar refractivity (Wildman–Crippen MR) is 62.1 cm³/mol.